The number of hydrogen-bond donors (Lipinski definition) is 3. The van der Waals surface area contributed by atoms with Crippen LogP contribution in [0.3, 0.4) is 0 Å². The van der Waals surface area contributed by atoms with E-state index in [0.717, 1.165) is 31.2 Å². The maximum atomic E-state index is 14.3. The van der Waals surface area contributed by atoms with Crippen molar-refractivity contribution in [2.24, 2.45) is 17.1 Å². The number of carbonyl (C=O) groups excluding carboxylic acids is 1. The topological polar surface area (TPSA) is 159 Å². The third kappa shape index (κ3) is 8.27. The Hall–Kier alpha value is -2.94. The van der Waals surface area contributed by atoms with Gasteiger partial charge < -0.3 is 39.8 Å². The lowest BCUT2D eigenvalue weighted by molar-refractivity contribution is -0.0907. The normalized spacial score (nSPS) is 22.3. The van der Waals surface area contributed by atoms with E-state index in [4.69, 9.17) is 29.4 Å². The first-order chi connectivity index (χ1) is 21.6. The number of unbranched alkanes of at least 4 members (excludes halogenated alkanes) is 1. The van der Waals surface area contributed by atoms with Crippen molar-refractivity contribution >= 4 is 16.1 Å². The molecule has 5 rings (SSSR count). The first-order valence-corrected chi connectivity index (χ1v) is 17.0. The molecule has 1 amide bonds. The highest BCUT2D eigenvalue weighted by molar-refractivity contribution is 7.89. The van der Waals surface area contributed by atoms with Gasteiger partial charge in [0.15, 0.2) is 17.8 Å². The van der Waals surface area contributed by atoms with Crippen molar-refractivity contribution in [2.75, 3.05) is 39.6 Å². The third-order valence-corrected chi connectivity index (χ3v) is 10.4. The minimum absolute atomic E-state index is 0.0380. The number of carbonyl (C=O) groups is 1. The molecule has 3 heterocycles. The van der Waals surface area contributed by atoms with Gasteiger partial charge in [-0.3, -0.25) is 0 Å². The number of aliphatic hydroxyl groups excluding tert-OH is 1. The second-order valence-corrected chi connectivity index (χ2v) is 14.6. The SMILES string of the molecule is CC(C)(CCCCN)CN(C[C@@H](O)[C@H](Cc1ccccc1)NC(=O)O[C@H]1CO[C@H]2OCC[C@H]21)S(=O)(=O)c1cccc2c1OCO2. The summed E-state index contributed by atoms with van der Waals surface area (Å²) in [5.74, 6) is 0.443. The van der Waals surface area contributed by atoms with Gasteiger partial charge in [-0.05, 0) is 55.3 Å². The molecular formula is C32H45N3O9S. The van der Waals surface area contributed by atoms with Crippen molar-refractivity contribution < 1.29 is 42.0 Å². The monoisotopic (exact) mass is 647 g/mol. The average molecular weight is 648 g/mol. The second kappa shape index (κ2) is 14.7. The van der Waals surface area contributed by atoms with Gasteiger partial charge in [0, 0.05) is 13.1 Å². The maximum absolute atomic E-state index is 14.3. The molecule has 2 aromatic rings. The third-order valence-electron chi connectivity index (χ3n) is 8.59. The van der Waals surface area contributed by atoms with Crippen LogP contribution in [0.4, 0.5) is 4.79 Å². The summed E-state index contributed by atoms with van der Waals surface area (Å²) in [6, 6.07) is 13.2. The largest absolute Gasteiger partial charge is 0.454 e. The summed E-state index contributed by atoms with van der Waals surface area (Å²) >= 11 is 0. The number of para-hydroxylation sites is 1. The molecule has 4 N–H and O–H groups in total. The van der Waals surface area contributed by atoms with E-state index in [1.807, 2.05) is 44.2 Å². The summed E-state index contributed by atoms with van der Waals surface area (Å²) in [6.07, 6.45) is 0.508. The summed E-state index contributed by atoms with van der Waals surface area (Å²) in [6.45, 7) is 5.06. The van der Waals surface area contributed by atoms with E-state index in [-0.39, 0.29) is 55.8 Å². The van der Waals surface area contributed by atoms with Crippen LogP contribution in [-0.2, 0) is 30.7 Å². The van der Waals surface area contributed by atoms with E-state index in [2.05, 4.69) is 5.32 Å². The highest BCUT2D eigenvalue weighted by atomic mass is 32.2. The molecule has 0 radical (unpaired) electrons. The fourth-order valence-electron chi connectivity index (χ4n) is 6.16. The van der Waals surface area contributed by atoms with Crippen molar-refractivity contribution in [1.29, 1.82) is 0 Å². The summed E-state index contributed by atoms with van der Waals surface area (Å²) in [5, 5.41) is 14.5. The molecule has 2 aromatic carbocycles. The molecule has 0 spiro atoms. The Labute approximate surface area is 265 Å². The number of fused-ring (bicyclic) bond motifs is 2. The molecule has 5 atom stereocenters. The fraction of sp³-hybridized carbons (Fsp3) is 0.594. The van der Waals surface area contributed by atoms with Gasteiger partial charge in [0.1, 0.15) is 11.0 Å². The van der Waals surface area contributed by atoms with Crippen molar-refractivity contribution in [2.45, 2.75) is 75.4 Å². The van der Waals surface area contributed by atoms with Crippen molar-refractivity contribution in [1.82, 2.24) is 9.62 Å². The van der Waals surface area contributed by atoms with E-state index in [0.29, 0.717) is 18.9 Å². The average Bonchev–Trinajstić information content (AvgIpc) is 3.76. The number of nitrogens with two attached hydrogens (primary N) is 1. The molecule has 2 fully saturated rings. The minimum Gasteiger partial charge on any atom is -0.454 e. The molecule has 3 aliphatic heterocycles. The molecule has 0 aromatic heterocycles. The summed E-state index contributed by atoms with van der Waals surface area (Å²) in [7, 11) is -4.18. The number of hydrogen-bond acceptors (Lipinski definition) is 10. The number of aliphatic hydroxyl groups is 1. The lowest BCUT2D eigenvalue weighted by Gasteiger charge is -2.35. The zero-order valence-corrected chi connectivity index (χ0v) is 26.7. The number of benzene rings is 2. The molecule has 0 bridgehead atoms. The van der Waals surface area contributed by atoms with Crippen molar-refractivity contribution in [3.8, 4) is 11.5 Å². The predicted octanol–water partition coefficient (Wildman–Crippen LogP) is 3.02. The van der Waals surface area contributed by atoms with Crippen molar-refractivity contribution in [3.63, 3.8) is 0 Å². The number of nitrogens with zero attached hydrogens (tertiary/aromatic N) is 1. The number of amides is 1. The summed E-state index contributed by atoms with van der Waals surface area (Å²) in [4.78, 5) is 13.1. The molecule has 0 unspecified atom stereocenters. The lowest BCUT2D eigenvalue weighted by Crippen LogP contribution is -2.52. The second-order valence-electron chi connectivity index (χ2n) is 12.7. The van der Waals surface area contributed by atoms with E-state index < -0.39 is 39.8 Å². The molecule has 45 heavy (non-hydrogen) atoms. The van der Waals surface area contributed by atoms with Gasteiger partial charge in [-0.25, -0.2) is 13.2 Å². The Balaban J connectivity index is 1.38. The Morgan fingerprint density at radius 2 is 1.93 bits per heavy atom. The molecule has 12 nitrogen and oxygen atoms in total. The molecule has 2 saturated heterocycles. The van der Waals surface area contributed by atoms with E-state index in [9.17, 15) is 18.3 Å². The zero-order valence-electron chi connectivity index (χ0n) is 25.9. The Kier molecular flexibility index (Phi) is 10.9. The van der Waals surface area contributed by atoms with Crippen LogP contribution in [0.25, 0.3) is 0 Å². The molecule has 3 aliphatic rings. The van der Waals surface area contributed by atoms with Crippen LogP contribution in [0.1, 0.15) is 45.1 Å². The number of rotatable bonds is 15. The standard InChI is InChI=1S/C32H45N3O9S/c1-32(2,14-6-7-15-33)20-35(45(38,39)28-12-8-11-26-29(28)43-21-42-26)18-25(36)24(17-22-9-4-3-5-10-22)34-31(37)44-27-19-41-30-23(27)13-16-40-30/h3-5,8-12,23-25,27,30,36H,6-7,13-21,33H2,1-2H3,(H,34,37)/t23-,24-,25+,27-,30+/m0/s1. The molecule has 13 heteroatoms. The molecular weight excluding hydrogens is 602 g/mol. The van der Waals surface area contributed by atoms with Crippen LogP contribution >= 0.6 is 0 Å². The van der Waals surface area contributed by atoms with Gasteiger partial charge in [-0.1, -0.05) is 56.7 Å². The minimum atomic E-state index is -4.18. The van der Waals surface area contributed by atoms with Crippen LogP contribution in [0.15, 0.2) is 53.4 Å². The number of alkyl carbamates (subject to hydrolysis) is 1. The van der Waals surface area contributed by atoms with E-state index in [1.165, 1.54) is 10.4 Å². The Morgan fingerprint density at radius 1 is 1.13 bits per heavy atom. The van der Waals surface area contributed by atoms with Crippen LogP contribution < -0.4 is 20.5 Å². The quantitative estimate of drug-likeness (QED) is 0.245. The maximum Gasteiger partial charge on any atom is 0.407 e. The van der Waals surface area contributed by atoms with E-state index >= 15 is 0 Å². The van der Waals surface area contributed by atoms with Gasteiger partial charge in [-0.2, -0.15) is 4.31 Å². The van der Waals surface area contributed by atoms with Crippen LogP contribution in [0.5, 0.6) is 11.5 Å². The molecule has 0 saturated carbocycles. The van der Waals surface area contributed by atoms with Gasteiger partial charge in [0.25, 0.3) is 0 Å². The molecule has 0 aliphatic carbocycles. The molecule has 248 valence electrons. The zero-order chi connectivity index (χ0) is 32.0. The van der Waals surface area contributed by atoms with Gasteiger partial charge in [-0.15, -0.1) is 0 Å². The summed E-state index contributed by atoms with van der Waals surface area (Å²) in [5.41, 5.74) is 6.13. The van der Waals surface area contributed by atoms with Gasteiger partial charge >= 0.3 is 6.09 Å². The van der Waals surface area contributed by atoms with Crippen LogP contribution in [0, 0.1) is 11.3 Å². The predicted molar refractivity (Wildman–Crippen MR) is 165 cm³/mol. The van der Waals surface area contributed by atoms with E-state index in [1.54, 1.807) is 12.1 Å². The number of sulfonamides is 1. The number of ether oxygens (including phenoxy) is 5. The van der Waals surface area contributed by atoms with Crippen molar-refractivity contribution in [3.05, 3.63) is 54.1 Å². The highest BCUT2D eigenvalue weighted by Gasteiger charge is 2.44. The van der Waals surface area contributed by atoms with Gasteiger partial charge in [0.05, 0.1) is 31.3 Å². The smallest absolute Gasteiger partial charge is 0.407 e. The summed E-state index contributed by atoms with van der Waals surface area (Å²) < 4.78 is 57.8. The van der Waals surface area contributed by atoms with Crippen LogP contribution in [-0.4, -0.2) is 88.1 Å². The Bertz CT molecular complexity index is 1390. The fourth-order valence-corrected chi connectivity index (χ4v) is 7.95. The first kappa shape index (κ1) is 33.4. The number of nitrogens with one attached hydrogen (secondary N) is 1. The Morgan fingerprint density at radius 3 is 2.71 bits per heavy atom. The first-order valence-electron chi connectivity index (χ1n) is 15.6. The van der Waals surface area contributed by atoms with Gasteiger partial charge in [0.2, 0.25) is 16.8 Å². The highest BCUT2D eigenvalue weighted by Crippen LogP contribution is 2.40. The van der Waals surface area contributed by atoms with Crippen LogP contribution in [0.2, 0.25) is 0 Å². The lowest BCUT2D eigenvalue weighted by atomic mass is 9.87.